The number of aliphatic hydroxyl groups excluding tert-OH is 15. The zero-order valence-electron chi connectivity index (χ0n) is 36.2. The first-order chi connectivity index (χ1) is 28.8. The number of aliphatic carboxylic acids is 1. The third kappa shape index (κ3) is 24.4. The third-order valence-corrected chi connectivity index (χ3v) is 10.0. The molecule has 370 valence electrons. The van der Waals surface area contributed by atoms with Crippen LogP contribution in [0.5, 0.6) is 0 Å². The molecule has 62 heavy (non-hydrogen) atoms. The maximum atomic E-state index is 13.3. The van der Waals surface area contributed by atoms with E-state index in [9.17, 15) is 70.9 Å². The van der Waals surface area contributed by atoms with Gasteiger partial charge in [0.25, 0.3) is 0 Å². The van der Waals surface area contributed by atoms with Crippen molar-refractivity contribution in [2.75, 3.05) is 92.2 Å². The van der Waals surface area contributed by atoms with Crippen molar-refractivity contribution in [3.63, 3.8) is 0 Å². The van der Waals surface area contributed by atoms with Crippen LogP contribution in [-0.2, 0) is 28.5 Å². The largest absolute Gasteiger partial charge is 0.481 e. The minimum absolute atomic E-state index is 0.0418. The van der Waals surface area contributed by atoms with Crippen LogP contribution >= 0.6 is 0 Å². The summed E-state index contributed by atoms with van der Waals surface area (Å²) >= 11 is 0. The average molecular weight is 913 g/mol. The highest BCUT2D eigenvalue weighted by molar-refractivity contribution is 5.76. The first-order valence-electron chi connectivity index (χ1n) is 20.5. The monoisotopic (exact) mass is 912 g/mol. The summed E-state index contributed by atoms with van der Waals surface area (Å²) in [6.07, 6.45) is -21.9. The zero-order chi connectivity index (χ0) is 47.8. The molecule has 0 unspecified atom stereocenters. The number of carboxylic acids is 1. The molecule has 0 radical (unpaired) electrons. The minimum Gasteiger partial charge on any atom is -0.481 e. The molecule has 1 amide bonds. The Morgan fingerprint density at radius 3 is 1.29 bits per heavy atom. The van der Waals surface area contributed by atoms with Gasteiger partial charge in [0.05, 0.1) is 89.3 Å². The molecular weight excluding hydrogens is 836 g/mol. The topological polar surface area (TPSA) is 401 Å². The quantitative estimate of drug-likeness (QED) is 0.0256. The Labute approximate surface area is 361 Å². The van der Waals surface area contributed by atoms with Gasteiger partial charge in [-0.25, -0.2) is 0 Å². The molecule has 12 atom stereocenters. The summed E-state index contributed by atoms with van der Waals surface area (Å²) in [6.45, 7) is 2.52. The van der Waals surface area contributed by atoms with E-state index in [1.807, 2.05) is 0 Å². The number of carboxylic acid groups (broad SMARTS) is 1. The minimum atomic E-state index is -1.96. The number of ether oxygens (including phenoxy) is 4. The van der Waals surface area contributed by atoms with Gasteiger partial charge >= 0.3 is 5.97 Å². The summed E-state index contributed by atoms with van der Waals surface area (Å²) in [5.41, 5.74) is -1.46. The second-order valence-corrected chi connectivity index (χ2v) is 16.3. The first kappa shape index (κ1) is 60.1. The first-order valence-corrected chi connectivity index (χ1v) is 20.5. The number of amides is 1. The molecule has 0 bridgehead atoms. The molecule has 0 aliphatic heterocycles. The fourth-order valence-corrected chi connectivity index (χ4v) is 5.73. The smallest absolute Gasteiger partial charge is 0.303 e. The van der Waals surface area contributed by atoms with E-state index in [0.717, 1.165) is 4.90 Å². The van der Waals surface area contributed by atoms with Gasteiger partial charge in [0.1, 0.15) is 61.0 Å². The Morgan fingerprint density at radius 1 is 0.468 bits per heavy atom. The van der Waals surface area contributed by atoms with Gasteiger partial charge < -0.3 is 106 Å². The number of aliphatic hydroxyl groups is 15. The van der Waals surface area contributed by atoms with Gasteiger partial charge in [-0.2, -0.15) is 0 Å². The molecule has 16 N–H and O–H groups in total. The highest BCUT2D eigenvalue weighted by Crippen LogP contribution is 2.21. The molecule has 0 saturated carbocycles. The van der Waals surface area contributed by atoms with E-state index in [1.54, 1.807) is 27.7 Å². The van der Waals surface area contributed by atoms with Crippen LogP contribution in [0, 0.1) is 0 Å². The van der Waals surface area contributed by atoms with E-state index >= 15 is 0 Å². The molecule has 0 spiro atoms. The van der Waals surface area contributed by atoms with E-state index in [1.165, 1.54) is 4.90 Å². The molecule has 0 aliphatic rings. The van der Waals surface area contributed by atoms with Crippen molar-refractivity contribution in [1.82, 2.24) is 9.80 Å². The lowest BCUT2D eigenvalue weighted by atomic mass is 10.0. The van der Waals surface area contributed by atoms with Gasteiger partial charge in [0.15, 0.2) is 0 Å². The van der Waals surface area contributed by atoms with Gasteiger partial charge in [-0.15, -0.1) is 0 Å². The van der Waals surface area contributed by atoms with Crippen molar-refractivity contribution in [3.05, 3.63) is 0 Å². The van der Waals surface area contributed by atoms with Gasteiger partial charge in [0, 0.05) is 39.1 Å². The van der Waals surface area contributed by atoms with Crippen LogP contribution in [0.15, 0.2) is 0 Å². The Bertz CT molecular complexity index is 1160. The predicted octanol–water partition coefficient (Wildman–Crippen LogP) is -7.31. The Kier molecular flexibility index (Phi) is 30.2. The number of carbonyl (C=O) groups excluding carboxylic acids is 1. The highest BCUT2D eigenvalue weighted by atomic mass is 16.5. The summed E-state index contributed by atoms with van der Waals surface area (Å²) in [5.74, 6) is -1.49. The second-order valence-electron chi connectivity index (χ2n) is 16.3. The van der Waals surface area contributed by atoms with Crippen LogP contribution in [0.1, 0.15) is 53.4 Å². The summed E-state index contributed by atoms with van der Waals surface area (Å²) in [4.78, 5) is 26.6. The van der Waals surface area contributed by atoms with Crippen molar-refractivity contribution in [3.8, 4) is 0 Å². The van der Waals surface area contributed by atoms with Crippen LogP contribution < -0.4 is 0 Å². The standard InChI is InChI=1S/C38H76N2O22/c1-37(2,7-5-30(51)52)61-12-8-38(3,4)62-14-10-40(19-25(46)33(55)36(58)28(49)22-43)29(50)6-11-59-15-16-60-13-9-39(17-23(44)31(53)34(56)26(47)20-41)18-24(45)32(54)35(57)27(48)21-42/h23-28,31-36,41-49,53-58H,5-22H2,1-4H3,(H,51,52)/t23-,24-,25-,26+,27+,28+,31+,32+,33+,34+,35+,36+/m0/s1. The Hall–Kier alpha value is -1.86. The van der Waals surface area contributed by atoms with Crippen molar-refractivity contribution in [2.24, 2.45) is 0 Å². The van der Waals surface area contributed by atoms with E-state index in [0.29, 0.717) is 12.8 Å². The number of carbonyl (C=O) groups is 2. The summed E-state index contributed by atoms with van der Waals surface area (Å²) < 4.78 is 22.9. The van der Waals surface area contributed by atoms with Gasteiger partial charge in [-0.3, -0.25) is 14.5 Å². The predicted molar refractivity (Wildman–Crippen MR) is 214 cm³/mol. The third-order valence-electron chi connectivity index (χ3n) is 10.0. The molecular formula is C38H76N2O22. The van der Waals surface area contributed by atoms with E-state index in [2.05, 4.69) is 0 Å². The lowest BCUT2D eigenvalue weighted by Crippen LogP contribution is -2.53. The van der Waals surface area contributed by atoms with Crippen LogP contribution in [0.3, 0.4) is 0 Å². The Morgan fingerprint density at radius 2 is 0.855 bits per heavy atom. The van der Waals surface area contributed by atoms with Crippen LogP contribution in [0.25, 0.3) is 0 Å². The van der Waals surface area contributed by atoms with Crippen molar-refractivity contribution < 1.29 is 110 Å². The number of nitrogens with zero attached hydrogens (tertiary/aromatic N) is 2. The normalized spacial score (nSPS) is 18.6. The van der Waals surface area contributed by atoms with Gasteiger partial charge in [0.2, 0.25) is 5.91 Å². The van der Waals surface area contributed by atoms with Crippen molar-refractivity contribution >= 4 is 11.9 Å². The molecule has 0 heterocycles. The molecule has 0 aliphatic carbocycles. The van der Waals surface area contributed by atoms with Crippen LogP contribution in [0.2, 0.25) is 0 Å². The van der Waals surface area contributed by atoms with Gasteiger partial charge in [-0.1, -0.05) is 0 Å². The average Bonchev–Trinajstić information content (AvgIpc) is 3.22. The molecule has 24 heteroatoms. The second kappa shape index (κ2) is 31.1. The molecule has 0 saturated heterocycles. The zero-order valence-corrected chi connectivity index (χ0v) is 36.2. The summed E-state index contributed by atoms with van der Waals surface area (Å²) in [5, 5.41) is 158. The fourth-order valence-electron chi connectivity index (χ4n) is 5.73. The maximum absolute atomic E-state index is 13.3. The fraction of sp³-hybridized carbons (Fsp3) is 0.947. The van der Waals surface area contributed by atoms with E-state index in [-0.39, 0.29) is 65.6 Å². The molecule has 24 nitrogen and oxygen atoms in total. The molecule has 0 rings (SSSR count). The molecule has 0 fully saturated rings. The lowest BCUT2D eigenvalue weighted by Gasteiger charge is -2.33. The highest BCUT2D eigenvalue weighted by Gasteiger charge is 2.35. The number of rotatable bonds is 38. The SMILES string of the molecule is CC(C)(CCOC(C)(C)CCC(=O)O)OCCN(C[C@H](O)[C@@H](O)[C@H](O)[C@H](O)CO)C(=O)CCOCCOCCN(C[C@H](O)[C@@H](O)[C@H](O)[C@H](O)CO)C[C@H](O)[C@@H](O)[C@H](O)[C@H](O)CO. The Balaban J connectivity index is 5.36. The number of hydrogen-bond acceptors (Lipinski definition) is 22. The number of hydrogen-bond donors (Lipinski definition) is 16. The maximum Gasteiger partial charge on any atom is 0.303 e. The summed E-state index contributed by atoms with van der Waals surface area (Å²) in [7, 11) is 0. The summed E-state index contributed by atoms with van der Waals surface area (Å²) in [6, 6.07) is 0. The van der Waals surface area contributed by atoms with Crippen LogP contribution in [-0.4, -0.2) is 280 Å². The van der Waals surface area contributed by atoms with Crippen molar-refractivity contribution in [1.29, 1.82) is 0 Å². The molecule has 0 aromatic rings. The molecule has 0 aromatic carbocycles. The lowest BCUT2D eigenvalue weighted by molar-refractivity contribution is -0.143. The molecule has 0 aromatic heterocycles. The van der Waals surface area contributed by atoms with E-state index in [4.69, 9.17) is 39.4 Å². The van der Waals surface area contributed by atoms with Gasteiger partial charge in [-0.05, 0) is 40.5 Å². The van der Waals surface area contributed by atoms with E-state index < -0.39 is 136 Å². The van der Waals surface area contributed by atoms with Crippen molar-refractivity contribution in [2.45, 2.75) is 138 Å². The van der Waals surface area contributed by atoms with Crippen LogP contribution in [0.4, 0.5) is 0 Å².